The summed E-state index contributed by atoms with van der Waals surface area (Å²) < 4.78 is 5.12. The molecule has 166 valence electrons. The van der Waals surface area contributed by atoms with Gasteiger partial charge >= 0.3 is 0 Å². The van der Waals surface area contributed by atoms with Crippen molar-refractivity contribution in [3.8, 4) is 5.75 Å². The van der Waals surface area contributed by atoms with Crippen molar-refractivity contribution in [2.75, 3.05) is 17.7 Å². The van der Waals surface area contributed by atoms with Gasteiger partial charge in [0.1, 0.15) is 5.75 Å². The van der Waals surface area contributed by atoms with Crippen molar-refractivity contribution in [2.24, 2.45) is 5.92 Å². The third-order valence-electron chi connectivity index (χ3n) is 5.15. The Morgan fingerprint density at radius 2 is 1.53 bits per heavy atom. The van der Waals surface area contributed by atoms with Gasteiger partial charge in [-0.25, -0.2) is 0 Å². The predicted molar refractivity (Wildman–Crippen MR) is 130 cm³/mol. The molecule has 0 aliphatic carbocycles. The summed E-state index contributed by atoms with van der Waals surface area (Å²) >= 11 is 0. The molecule has 3 rings (SSSR count). The lowest BCUT2D eigenvalue weighted by molar-refractivity contribution is 0.0977. The molecule has 0 saturated carbocycles. The highest BCUT2D eigenvalue weighted by Crippen LogP contribution is 2.22. The molecule has 0 spiro atoms. The fourth-order valence-corrected chi connectivity index (χ4v) is 3.33. The van der Waals surface area contributed by atoms with E-state index in [2.05, 4.69) is 24.5 Å². The molecule has 0 unspecified atom stereocenters. The third-order valence-corrected chi connectivity index (χ3v) is 5.15. The van der Waals surface area contributed by atoms with E-state index in [1.54, 1.807) is 31.4 Å². The molecule has 5 nitrogen and oxygen atoms in total. The molecule has 5 heteroatoms. The second-order valence-electron chi connectivity index (χ2n) is 8.18. The molecule has 0 fully saturated rings. The number of nitrogens with one attached hydrogen (secondary N) is 2. The standard InChI is InChI=1S/C27H30N2O3/c1-19(2)6-4-9-26(30)21-7-5-8-24(18-21)28-22-12-14-23(15-13-22)29-27(31)20-10-16-25(32-3)17-11-20/h5,7-8,10-19,28H,4,6,9H2,1-3H3,(H,29,31). The fraction of sp³-hybridized carbons (Fsp3) is 0.259. The Bertz CT molecular complexity index is 1040. The average Bonchev–Trinajstić information content (AvgIpc) is 2.80. The molecule has 0 radical (unpaired) electrons. The van der Waals surface area contributed by atoms with E-state index in [-0.39, 0.29) is 11.7 Å². The maximum atomic E-state index is 12.5. The van der Waals surface area contributed by atoms with Crippen LogP contribution in [0.4, 0.5) is 17.1 Å². The van der Waals surface area contributed by atoms with Crippen LogP contribution >= 0.6 is 0 Å². The smallest absolute Gasteiger partial charge is 0.255 e. The van der Waals surface area contributed by atoms with Crippen molar-refractivity contribution in [2.45, 2.75) is 33.1 Å². The van der Waals surface area contributed by atoms with Crippen LogP contribution in [0.15, 0.2) is 72.8 Å². The third kappa shape index (κ3) is 6.71. The average molecular weight is 431 g/mol. The van der Waals surface area contributed by atoms with Crippen molar-refractivity contribution in [1.29, 1.82) is 0 Å². The molecule has 0 bridgehead atoms. The number of carbonyl (C=O) groups is 2. The number of ether oxygens (including phenoxy) is 1. The number of Topliss-reactive ketones (excluding diaryl/α,β-unsaturated/α-hetero) is 1. The molecule has 3 aromatic rings. The molecule has 0 heterocycles. The van der Waals surface area contributed by atoms with E-state index in [1.807, 2.05) is 48.5 Å². The molecular weight excluding hydrogens is 400 g/mol. The molecule has 0 saturated heterocycles. The molecule has 32 heavy (non-hydrogen) atoms. The summed E-state index contributed by atoms with van der Waals surface area (Å²) in [5.41, 5.74) is 3.71. The molecule has 1 amide bonds. The summed E-state index contributed by atoms with van der Waals surface area (Å²) in [6.45, 7) is 4.34. The van der Waals surface area contributed by atoms with Gasteiger partial charge in [-0.1, -0.05) is 32.4 Å². The summed E-state index contributed by atoms with van der Waals surface area (Å²) in [4.78, 5) is 24.9. The van der Waals surface area contributed by atoms with E-state index in [4.69, 9.17) is 4.74 Å². The summed E-state index contributed by atoms with van der Waals surface area (Å²) in [7, 11) is 1.59. The molecule has 0 aliphatic rings. The first-order chi connectivity index (χ1) is 15.4. The van der Waals surface area contributed by atoms with Crippen molar-refractivity contribution in [3.05, 3.63) is 83.9 Å². The minimum absolute atomic E-state index is 0.172. The highest BCUT2D eigenvalue weighted by molar-refractivity contribution is 6.04. The Morgan fingerprint density at radius 1 is 0.844 bits per heavy atom. The number of methoxy groups -OCH3 is 1. The predicted octanol–water partition coefficient (Wildman–Crippen LogP) is 6.70. The van der Waals surface area contributed by atoms with Crippen LogP contribution in [0.25, 0.3) is 0 Å². The zero-order valence-electron chi connectivity index (χ0n) is 18.9. The Kier molecular flexibility index (Phi) is 8.03. The number of rotatable bonds is 10. The first-order valence-electron chi connectivity index (χ1n) is 10.9. The maximum absolute atomic E-state index is 12.5. The minimum atomic E-state index is -0.183. The van der Waals surface area contributed by atoms with Gasteiger partial charge in [0, 0.05) is 34.6 Å². The molecule has 0 aromatic heterocycles. The number of hydrogen-bond acceptors (Lipinski definition) is 4. The largest absolute Gasteiger partial charge is 0.497 e. The van der Waals surface area contributed by atoms with E-state index in [1.165, 1.54) is 0 Å². The number of hydrogen-bond donors (Lipinski definition) is 2. The van der Waals surface area contributed by atoms with Gasteiger partial charge in [-0.05, 0) is 73.0 Å². The highest BCUT2D eigenvalue weighted by atomic mass is 16.5. The molecule has 0 aliphatic heterocycles. The van der Waals surface area contributed by atoms with Gasteiger partial charge in [-0.3, -0.25) is 9.59 Å². The molecular formula is C27H30N2O3. The highest BCUT2D eigenvalue weighted by Gasteiger charge is 2.09. The Balaban J connectivity index is 1.58. The van der Waals surface area contributed by atoms with Gasteiger partial charge < -0.3 is 15.4 Å². The number of benzene rings is 3. The van der Waals surface area contributed by atoms with Crippen molar-refractivity contribution >= 4 is 28.8 Å². The lowest BCUT2D eigenvalue weighted by atomic mass is 10.0. The first-order valence-corrected chi connectivity index (χ1v) is 10.9. The fourth-order valence-electron chi connectivity index (χ4n) is 3.33. The maximum Gasteiger partial charge on any atom is 0.255 e. The van der Waals surface area contributed by atoms with E-state index in [0.717, 1.165) is 29.8 Å². The lowest BCUT2D eigenvalue weighted by Crippen LogP contribution is -2.11. The summed E-state index contributed by atoms with van der Waals surface area (Å²) in [5, 5.41) is 6.21. The normalized spacial score (nSPS) is 10.6. The Labute approximate surface area is 189 Å². The van der Waals surface area contributed by atoms with Crippen LogP contribution in [0.5, 0.6) is 5.75 Å². The number of carbonyl (C=O) groups excluding carboxylic acids is 2. The van der Waals surface area contributed by atoms with Crippen LogP contribution in [0.2, 0.25) is 0 Å². The van der Waals surface area contributed by atoms with Crippen molar-refractivity contribution < 1.29 is 14.3 Å². The molecule has 2 N–H and O–H groups in total. The summed E-state index contributed by atoms with van der Waals surface area (Å²) in [6, 6.07) is 22.0. The summed E-state index contributed by atoms with van der Waals surface area (Å²) in [5.74, 6) is 1.31. The van der Waals surface area contributed by atoms with E-state index in [9.17, 15) is 9.59 Å². The molecule has 3 aromatic carbocycles. The van der Waals surface area contributed by atoms with Gasteiger partial charge in [-0.15, -0.1) is 0 Å². The Morgan fingerprint density at radius 3 is 2.19 bits per heavy atom. The second-order valence-corrected chi connectivity index (χ2v) is 8.18. The van der Waals surface area contributed by atoms with Crippen LogP contribution < -0.4 is 15.4 Å². The van der Waals surface area contributed by atoms with Crippen LogP contribution in [0, 0.1) is 5.92 Å². The summed E-state index contributed by atoms with van der Waals surface area (Å²) in [6.07, 6.45) is 2.55. The van der Waals surface area contributed by atoms with Crippen LogP contribution in [-0.2, 0) is 0 Å². The van der Waals surface area contributed by atoms with Crippen molar-refractivity contribution in [1.82, 2.24) is 0 Å². The number of amides is 1. The second kappa shape index (κ2) is 11.1. The van der Waals surface area contributed by atoms with Gasteiger partial charge in [0.15, 0.2) is 5.78 Å². The quantitative estimate of drug-likeness (QED) is 0.351. The lowest BCUT2D eigenvalue weighted by Gasteiger charge is -2.10. The first kappa shape index (κ1) is 23.1. The van der Waals surface area contributed by atoms with Crippen molar-refractivity contribution in [3.63, 3.8) is 0 Å². The zero-order chi connectivity index (χ0) is 22.9. The van der Waals surface area contributed by atoms with E-state index >= 15 is 0 Å². The van der Waals surface area contributed by atoms with Gasteiger partial charge in [0.25, 0.3) is 5.91 Å². The van der Waals surface area contributed by atoms with E-state index in [0.29, 0.717) is 29.3 Å². The minimum Gasteiger partial charge on any atom is -0.497 e. The zero-order valence-corrected chi connectivity index (χ0v) is 18.9. The van der Waals surface area contributed by atoms with Crippen LogP contribution in [-0.4, -0.2) is 18.8 Å². The molecule has 0 atom stereocenters. The Hall–Kier alpha value is -3.60. The van der Waals surface area contributed by atoms with Gasteiger partial charge in [-0.2, -0.15) is 0 Å². The van der Waals surface area contributed by atoms with Gasteiger partial charge in [0.05, 0.1) is 7.11 Å². The number of ketones is 1. The SMILES string of the molecule is COc1ccc(C(=O)Nc2ccc(Nc3cccc(C(=O)CCCC(C)C)c3)cc2)cc1. The monoisotopic (exact) mass is 430 g/mol. The van der Waals surface area contributed by atoms with Crippen LogP contribution in [0.1, 0.15) is 53.8 Å². The number of anilines is 3. The topological polar surface area (TPSA) is 67.4 Å². The van der Waals surface area contributed by atoms with E-state index < -0.39 is 0 Å². The van der Waals surface area contributed by atoms with Crippen LogP contribution in [0.3, 0.4) is 0 Å². The van der Waals surface area contributed by atoms with Gasteiger partial charge in [0.2, 0.25) is 0 Å².